The average molecular weight is 702 g/mol. The molecule has 14 heteroatoms. The van der Waals surface area contributed by atoms with Crippen molar-refractivity contribution in [2.45, 2.75) is 35.3 Å². The normalized spacial score (nSPS) is 27.9. The van der Waals surface area contributed by atoms with E-state index in [1.54, 1.807) is 35.6 Å². The summed E-state index contributed by atoms with van der Waals surface area (Å²) >= 11 is 10.2. The molecule has 7 atom stereocenters. The van der Waals surface area contributed by atoms with Gasteiger partial charge in [-0.25, -0.2) is 0 Å². The number of rotatable bonds is 5. The first-order chi connectivity index (χ1) is 22.0. The highest BCUT2D eigenvalue weighted by Crippen LogP contribution is 2.69. The first-order valence-corrected chi connectivity index (χ1v) is 17.5. The molecule has 7 unspecified atom stereocenters. The Morgan fingerprint density at radius 2 is 1.72 bits per heavy atom. The molecule has 4 aliphatic rings. The summed E-state index contributed by atoms with van der Waals surface area (Å²) in [5, 5.41) is 5.55. The van der Waals surface area contributed by atoms with Crippen molar-refractivity contribution in [3.63, 3.8) is 0 Å². The molecule has 46 heavy (non-hydrogen) atoms. The molecular weight excluding hydrogens is 679 g/mol. The van der Waals surface area contributed by atoms with Gasteiger partial charge in [-0.3, -0.25) is 28.6 Å². The molecule has 2 aliphatic heterocycles. The summed E-state index contributed by atoms with van der Waals surface area (Å²) in [5.74, 6) is -2.29. The molecule has 1 N–H and O–H groups in total. The molecule has 2 aromatic heterocycles. The van der Waals surface area contributed by atoms with Crippen LogP contribution in [-0.2, 0) is 27.1 Å². The van der Waals surface area contributed by atoms with Gasteiger partial charge >= 0.3 is 11.0 Å². The van der Waals surface area contributed by atoms with Crippen molar-refractivity contribution in [1.29, 1.82) is 0 Å². The number of hydrogen-bond donors (Lipinski definition) is 1. The van der Waals surface area contributed by atoms with Gasteiger partial charge in [-0.05, 0) is 78.1 Å². The molecule has 0 spiro atoms. The molecule has 7 nitrogen and oxygen atoms in total. The second-order valence-electron chi connectivity index (χ2n) is 12.0. The SMILES string of the molecule is O=C(Cn1c2c(sc1=O)C(c1cccs1)C1C3CC(C1S2)C1C(=O)N(c2ccc(Cl)cc2)C(=O)C31)Nc1cccc(C(F)(F)F)c1. The number of amides is 3. The van der Waals surface area contributed by atoms with Gasteiger partial charge in [0.2, 0.25) is 17.7 Å². The number of thiophene rings is 1. The van der Waals surface area contributed by atoms with Crippen molar-refractivity contribution in [3.05, 3.63) is 96.1 Å². The molecule has 2 saturated carbocycles. The number of hydrogen-bond acceptors (Lipinski definition) is 7. The summed E-state index contributed by atoms with van der Waals surface area (Å²) in [4.78, 5) is 57.2. The van der Waals surface area contributed by atoms with Crippen LogP contribution in [0, 0.1) is 29.6 Å². The lowest BCUT2D eigenvalue weighted by Gasteiger charge is -2.42. The van der Waals surface area contributed by atoms with Crippen LogP contribution in [0.4, 0.5) is 24.5 Å². The Bertz CT molecular complexity index is 1960. The standard InChI is InChI=1S/C32H23ClF3N3O4S3/c33-15-6-8-17(9-7-15)39-28(41)23-18-12-19(24(23)29(39)42)26-22(18)25(20-5-2-10-44-20)27-30(45-26)38(31(43)46-27)13-21(40)37-16-4-1-3-14(11-16)32(34,35)36/h1-11,18-19,22-26H,12-13H2,(H,37,40). The van der Waals surface area contributed by atoms with E-state index in [4.69, 9.17) is 11.6 Å². The third-order valence-corrected chi connectivity index (χ3v) is 13.7. The van der Waals surface area contributed by atoms with E-state index < -0.39 is 29.5 Å². The Kier molecular flexibility index (Phi) is 7.06. The van der Waals surface area contributed by atoms with Crippen LogP contribution in [0.5, 0.6) is 0 Å². The smallest absolute Gasteiger partial charge is 0.325 e. The lowest BCUT2D eigenvalue weighted by atomic mass is 9.69. The number of alkyl halides is 3. The minimum atomic E-state index is -4.56. The van der Waals surface area contributed by atoms with Crippen LogP contribution in [0.15, 0.2) is 75.9 Å². The maximum atomic E-state index is 13.9. The third-order valence-electron chi connectivity index (χ3n) is 9.66. The van der Waals surface area contributed by atoms with E-state index in [0.29, 0.717) is 15.7 Å². The highest BCUT2D eigenvalue weighted by atomic mass is 35.5. The number of imide groups is 1. The molecule has 4 aromatic rings. The summed E-state index contributed by atoms with van der Waals surface area (Å²) in [6, 6.07) is 15.0. The van der Waals surface area contributed by atoms with E-state index in [-0.39, 0.29) is 57.8 Å². The fraction of sp³-hybridized carbons (Fsp3) is 0.312. The topological polar surface area (TPSA) is 88.5 Å². The Labute approximate surface area is 277 Å². The molecule has 3 amide bonds. The molecular formula is C32H23ClF3N3O4S3. The van der Waals surface area contributed by atoms with Gasteiger partial charge in [-0.15, -0.1) is 23.1 Å². The molecule has 2 aliphatic carbocycles. The second kappa shape index (κ2) is 10.8. The summed E-state index contributed by atoms with van der Waals surface area (Å²) in [6.07, 6.45) is -3.84. The van der Waals surface area contributed by atoms with Gasteiger partial charge in [0.15, 0.2) is 0 Å². The van der Waals surface area contributed by atoms with Crippen molar-refractivity contribution >= 4 is 75.1 Å². The van der Waals surface area contributed by atoms with E-state index in [1.165, 1.54) is 33.4 Å². The number of fused-ring (bicyclic) bond motifs is 9. The van der Waals surface area contributed by atoms with E-state index in [0.717, 1.165) is 39.6 Å². The van der Waals surface area contributed by atoms with Gasteiger partial charge in [0, 0.05) is 31.6 Å². The predicted molar refractivity (Wildman–Crippen MR) is 170 cm³/mol. The van der Waals surface area contributed by atoms with Gasteiger partial charge in [-0.2, -0.15) is 13.2 Å². The molecule has 2 bridgehead atoms. The van der Waals surface area contributed by atoms with Crippen LogP contribution < -0.4 is 15.1 Å². The largest absolute Gasteiger partial charge is 0.416 e. The Balaban J connectivity index is 1.13. The van der Waals surface area contributed by atoms with Crippen molar-refractivity contribution in [1.82, 2.24) is 4.57 Å². The maximum Gasteiger partial charge on any atom is 0.416 e. The number of aromatic nitrogens is 1. The van der Waals surface area contributed by atoms with E-state index in [2.05, 4.69) is 5.32 Å². The lowest BCUT2D eigenvalue weighted by molar-refractivity contribution is -0.137. The molecule has 236 valence electrons. The predicted octanol–water partition coefficient (Wildman–Crippen LogP) is 6.96. The minimum absolute atomic E-state index is 0.00903. The summed E-state index contributed by atoms with van der Waals surface area (Å²) in [6.45, 7) is -0.371. The van der Waals surface area contributed by atoms with E-state index in [1.807, 2.05) is 17.5 Å². The van der Waals surface area contributed by atoms with Gasteiger partial charge in [0.1, 0.15) is 6.54 Å². The maximum absolute atomic E-state index is 13.9. The zero-order valence-corrected chi connectivity index (χ0v) is 26.8. The number of nitrogens with one attached hydrogen (secondary N) is 1. The van der Waals surface area contributed by atoms with E-state index in [9.17, 15) is 32.3 Å². The monoisotopic (exact) mass is 701 g/mol. The van der Waals surface area contributed by atoms with Crippen molar-refractivity contribution in [2.24, 2.45) is 29.6 Å². The summed E-state index contributed by atoms with van der Waals surface area (Å²) in [7, 11) is 0. The third kappa shape index (κ3) is 4.61. The van der Waals surface area contributed by atoms with Crippen LogP contribution in [-0.4, -0.2) is 27.5 Å². The number of thioether (sulfide) groups is 1. The summed E-state index contributed by atoms with van der Waals surface area (Å²) in [5.41, 5.74) is -0.409. The molecule has 3 fully saturated rings. The number of carbonyl (C=O) groups excluding carboxylic acids is 3. The molecule has 0 radical (unpaired) electrons. The average Bonchev–Trinajstić information content (AvgIpc) is 3.83. The first kappa shape index (κ1) is 30.0. The zero-order chi connectivity index (χ0) is 32.1. The van der Waals surface area contributed by atoms with Crippen molar-refractivity contribution in [2.75, 3.05) is 10.2 Å². The quantitative estimate of drug-likeness (QED) is 0.228. The highest BCUT2D eigenvalue weighted by molar-refractivity contribution is 8.00. The molecule has 8 rings (SSSR count). The fourth-order valence-electron chi connectivity index (χ4n) is 8.00. The number of halogens is 4. The van der Waals surface area contributed by atoms with Crippen LogP contribution in [0.2, 0.25) is 5.02 Å². The number of nitrogens with zero attached hydrogens (tertiary/aromatic N) is 2. The highest BCUT2D eigenvalue weighted by Gasteiger charge is 2.70. The summed E-state index contributed by atoms with van der Waals surface area (Å²) < 4.78 is 41.1. The van der Waals surface area contributed by atoms with Crippen LogP contribution in [0.1, 0.15) is 27.7 Å². The lowest BCUT2D eigenvalue weighted by Crippen LogP contribution is -2.43. The minimum Gasteiger partial charge on any atom is -0.325 e. The molecule has 1 saturated heterocycles. The van der Waals surface area contributed by atoms with Gasteiger partial charge in [0.05, 0.1) is 28.1 Å². The Morgan fingerprint density at radius 3 is 2.41 bits per heavy atom. The number of benzene rings is 2. The Morgan fingerprint density at radius 1 is 0.978 bits per heavy atom. The molecule has 4 heterocycles. The van der Waals surface area contributed by atoms with Crippen LogP contribution in [0.3, 0.4) is 0 Å². The van der Waals surface area contributed by atoms with Crippen molar-refractivity contribution < 1.29 is 27.6 Å². The van der Waals surface area contributed by atoms with Crippen LogP contribution >= 0.6 is 46.0 Å². The van der Waals surface area contributed by atoms with Gasteiger partial charge < -0.3 is 5.32 Å². The fourth-order valence-corrected chi connectivity index (χ4v) is 12.2. The second-order valence-corrected chi connectivity index (χ2v) is 15.6. The Hall–Kier alpha value is -3.39. The van der Waals surface area contributed by atoms with Gasteiger partial charge in [0.25, 0.3) is 0 Å². The van der Waals surface area contributed by atoms with Crippen molar-refractivity contribution in [3.8, 4) is 0 Å². The number of carbonyl (C=O) groups is 3. The van der Waals surface area contributed by atoms with Gasteiger partial charge in [-0.1, -0.05) is 35.1 Å². The first-order valence-electron chi connectivity index (χ1n) is 14.6. The number of anilines is 2. The van der Waals surface area contributed by atoms with E-state index >= 15 is 0 Å². The molecule has 2 aromatic carbocycles. The van der Waals surface area contributed by atoms with Crippen LogP contribution in [0.25, 0.3) is 0 Å². The zero-order valence-electron chi connectivity index (χ0n) is 23.6. The number of thiazole rings is 1.